The van der Waals surface area contributed by atoms with E-state index >= 15 is 0 Å². The van der Waals surface area contributed by atoms with E-state index in [0.29, 0.717) is 0 Å². The van der Waals surface area contributed by atoms with Gasteiger partial charge in [0.1, 0.15) is 0 Å². The highest BCUT2D eigenvalue weighted by atomic mass is 16.3. The molecule has 108 valence electrons. The van der Waals surface area contributed by atoms with Crippen molar-refractivity contribution >= 4 is 11.1 Å². The monoisotopic (exact) mass is 280 g/mol. The number of nitrogens with zero attached hydrogens (tertiary/aromatic N) is 2. The molecule has 0 bridgehead atoms. The second-order valence-electron chi connectivity index (χ2n) is 4.98. The van der Waals surface area contributed by atoms with Gasteiger partial charge in [-0.15, -0.1) is 0 Å². The molecule has 0 aliphatic rings. The van der Waals surface area contributed by atoms with Crippen LogP contribution >= 0.6 is 0 Å². The molecular weight excluding hydrogens is 260 g/mol. The molecular formula is C18H20N2O. The van der Waals surface area contributed by atoms with Crippen LogP contribution in [0.4, 0.5) is 0 Å². The van der Waals surface area contributed by atoms with Crippen molar-refractivity contribution in [1.82, 2.24) is 9.97 Å². The largest absolute Gasteiger partial charge is 0.392 e. The summed E-state index contributed by atoms with van der Waals surface area (Å²) < 4.78 is 0. The van der Waals surface area contributed by atoms with Crippen molar-refractivity contribution in [2.24, 2.45) is 0 Å². The molecule has 0 saturated carbocycles. The zero-order valence-corrected chi connectivity index (χ0v) is 12.7. The lowest BCUT2D eigenvalue weighted by Gasteiger charge is -2.14. The van der Waals surface area contributed by atoms with E-state index in [1.165, 1.54) is 0 Å². The standard InChI is InChI=1S/C18H20N2O/c1-13(16-4-8-19-9-5-16)14(2)18(12-21)15(3)17-6-10-20-11-7-17/h4-11,21H,12H2,1-3H3/b14-13+,18-15+. The Morgan fingerprint density at radius 3 is 1.67 bits per heavy atom. The van der Waals surface area contributed by atoms with Gasteiger partial charge in [-0.05, 0) is 78.5 Å². The Morgan fingerprint density at radius 2 is 1.24 bits per heavy atom. The summed E-state index contributed by atoms with van der Waals surface area (Å²) in [7, 11) is 0. The number of rotatable bonds is 4. The molecule has 2 heterocycles. The van der Waals surface area contributed by atoms with E-state index in [9.17, 15) is 5.11 Å². The number of hydrogen-bond acceptors (Lipinski definition) is 3. The van der Waals surface area contributed by atoms with Gasteiger partial charge in [0.2, 0.25) is 0 Å². The molecule has 0 saturated heterocycles. The SMILES string of the molecule is C/C(=C(CO)\C(C)=C(/C)c1ccncc1)c1ccncc1. The second kappa shape index (κ2) is 6.95. The summed E-state index contributed by atoms with van der Waals surface area (Å²) in [6.45, 7) is 6.17. The van der Waals surface area contributed by atoms with E-state index in [2.05, 4.69) is 16.9 Å². The van der Waals surface area contributed by atoms with Crippen molar-refractivity contribution in [3.8, 4) is 0 Å². The van der Waals surface area contributed by atoms with Gasteiger partial charge in [0.05, 0.1) is 6.61 Å². The molecule has 0 amide bonds. The van der Waals surface area contributed by atoms with Gasteiger partial charge in [0.25, 0.3) is 0 Å². The normalized spacial score (nSPS) is 13.5. The van der Waals surface area contributed by atoms with Crippen LogP contribution in [-0.2, 0) is 0 Å². The first-order valence-corrected chi connectivity index (χ1v) is 6.94. The highest BCUT2D eigenvalue weighted by molar-refractivity contribution is 5.78. The lowest BCUT2D eigenvalue weighted by atomic mass is 9.92. The van der Waals surface area contributed by atoms with Crippen molar-refractivity contribution in [2.75, 3.05) is 6.61 Å². The Hall–Kier alpha value is -2.26. The predicted octanol–water partition coefficient (Wildman–Crippen LogP) is 3.74. The summed E-state index contributed by atoms with van der Waals surface area (Å²) in [6.07, 6.45) is 7.10. The van der Waals surface area contributed by atoms with Crippen molar-refractivity contribution < 1.29 is 5.11 Å². The topological polar surface area (TPSA) is 46.0 Å². The Kier molecular flexibility index (Phi) is 5.01. The lowest BCUT2D eigenvalue weighted by Crippen LogP contribution is -1.99. The molecule has 1 N–H and O–H groups in total. The maximum absolute atomic E-state index is 9.80. The third-order valence-electron chi connectivity index (χ3n) is 3.85. The van der Waals surface area contributed by atoms with E-state index in [4.69, 9.17) is 0 Å². The molecule has 0 atom stereocenters. The van der Waals surface area contributed by atoms with Crippen molar-refractivity contribution in [3.05, 3.63) is 71.3 Å². The summed E-state index contributed by atoms with van der Waals surface area (Å²) in [6, 6.07) is 7.88. The minimum Gasteiger partial charge on any atom is -0.392 e. The fourth-order valence-corrected chi connectivity index (χ4v) is 2.34. The highest BCUT2D eigenvalue weighted by Crippen LogP contribution is 2.28. The summed E-state index contributed by atoms with van der Waals surface area (Å²) in [5.74, 6) is 0. The molecule has 2 aromatic heterocycles. The Balaban J connectivity index is 2.50. The van der Waals surface area contributed by atoms with Gasteiger partial charge in [0, 0.05) is 24.8 Å². The fourth-order valence-electron chi connectivity index (χ4n) is 2.34. The lowest BCUT2D eigenvalue weighted by molar-refractivity contribution is 0.334. The molecule has 0 fully saturated rings. The fraction of sp³-hybridized carbons (Fsp3) is 0.222. The predicted molar refractivity (Wildman–Crippen MR) is 86.4 cm³/mol. The van der Waals surface area contributed by atoms with Crippen molar-refractivity contribution in [3.63, 3.8) is 0 Å². The van der Waals surface area contributed by atoms with Crippen LogP contribution in [0.15, 0.2) is 60.2 Å². The Labute approximate surface area is 125 Å². The van der Waals surface area contributed by atoms with Crippen LogP contribution in [0, 0.1) is 0 Å². The molecule has 2 aromatic rings. The van der Waals surface area contributed by atoms with Crippen LogP contribution in [0.1, 0.15) is 31.9 Å². The molecule has 0 spiro atoms. The number of pyridine rings is 2. The van der Waals surface area contributed by atoms with Gasteiger partial charge in [-0.1, -0.05) is 0 Å². The average molecular weight is 280 g/mol. The molecule has 0 aromatic carbocycles. The summed E-state index contributed by atoms with van der Waals surface area (Å²) in [5, 5.41) is 9.80. The quantitative estimate of drug-likeness (QED) is 0.868. The summed E-state index contributed by atoms with van der Waals surface area (Å²) in [4.78, 5) is 8.08. The van der Waals surface area contributed by atoms with Gasteiger partial charge >= 0.3 is 0 Å². The van der Waals surface area contributed by atoms with Gasteiger partial charge in [-0.2, -0.15) is 0 Å². The van der Waals surface area contributed by atoms with Crippen LogP contribution < -0.4 is 0 Å². The van der Waals surface area contributed by atoms with Gasteiger partial charge < -0.3 is 5.11 Å². The van der Waals surface area contributed by atoms with Crippen molar-refractivity contribution in [2.45, 2.75) is 20.8 Å². The zero-order chi connectivity index (χ0) is 15.2. The third-order valence-corrected chi connectivity index (χ3v) is 3.85. The highest BCUT2D eigenvalue weighted by Gasteiger charge is 2.10. The average Bonchev–Trinajstić information content (AvgIpc) is 2.56. The first-order valence-electron chi connectivity index (χ1n) is 6.94. The molecule has 0 radical (unpaired) electrons. The minimum atomic E-state index is 0.0163. The first-order chi connectivity index (χ1) is 10.1. The number of hydrogen-bond donors (Lipinski definition) is 1. The van der Waals surface area contributed by atoms with Crippen LogP contribution in [0.5, 0.6) is 0 Å². The molecule has 0 unspecified atom stereocenters. The van der Waals surface area contributed by atoms with Gasteiger partial charge in [-0.25, -0.2) is 0 Å². The summed E-state index contributed by atoms with van der Waals surface area (Å²) in [5.41, 5.74) is 6.47. The van der Waals surface area contributed by atoms with E-state index in [1.807, 2.05) is 38.1 Å². The first kappa shape index (κ1) is 15.1. The van der Waals surface area contributed by atoms with E-state index < -0.39 is 0 Å². The third kappa shape index (κ3) is 3.44. The Bertz CT molecular complexity index is 658. The molecule has 3 nitrogen and oxygen atoms in total. The molecule has 3 heteroatoms. The van der Waals surface area contributed by atoms with Crippen molar-refractivity contribution in [1.29, 1.82) is 0 Å². The smallest absolute Gasteiger partial charge is 0.0687 e. The molecule has 21 heavy (non-hydrogen) atoms. The van der Waals surface area contributed by atoms with E-state index in [0.717, 1.165) is 33.4 Å². The minimum absolute atomic E-state index is 0.0163. The molecule has 0 aliphatic heterocycles. The number of aliphatic hydroxyl groups excluding tert-OH is 1. The molecule has 0 aliphatic carbocycles. The summed E-state index contributed by atoms with van der Waals surface area (Å²) >= 11 is 0. The number of aromatic nitrogens is 2. The van der Waals surface area contributed by atoms with Gasteiger partial charge in [0.15, 0.2) is 0 Å². The van der Waals surface area contributed by atoms with Gasteiger partial charge in [-0.3, -0.25) is 9.97 Å². The maximum atomic E-state index is 9.80. The number of allylic oxidation sites excluding steroid dienone is 2. The van der Waals surface area contributed by atoms with E-state index in [1.54, 1.807) is 24.8 Å². The van der Waals surface area contributed by atoms with Crippen LogP contribution in [0.2, 0.25) is 0 Å². The number of aliphatic hydroxyl groups is 1. The van der Waals surface area contributed by atoms with Crippen LogP contribution in [0.25, 0.3) is 11.1 Å². The van der Waals surface area contributed by atoms with Crippen LogP contribution in [0.3, 0.4) is 0 Å². The van der Waals surface area contributed by atoms with Crippen LogP contribution in [-0.4, -0.2) is 21.7 Å². The van der Waals surface area contributed by atoms with E-state index in [-0.39, 0.29) is 6.61 Å². The molecule has 2 rings (SSSR count). The Morgan fingerprint density at radius 1 is 0.810 bits per heavy atom. The maximum Gasteiger partial charge on any atom is 0.0687 e. The second-order valence-corrected chi connectivity index (χ2v) is 4.98. The zero-order valence-electron chi connectivity index (χ0n) is 12.7.